The van der Waals surface area contributed by atoms with Gasteiger partial charge in [0.05, 0.1) is 0 Å². The smallest absolute Gasteiger partial charge is 0.0416 e. The summed E-state index contributed by atoms with van der Waals surface area (Å²) in [6, 6.07) is 10.0. The van der Waals surface area contributed by atoms with Crippen LogP contribution in [0.4, 0.5) is 0 Å². The molecule has 2 atom stereocenters. The Bertz CT molecular complexity index is 529. The number of nitrogens with zero attached hydrogens (tertiary/aromatic N) is 1. The highest BCUT2D eigenvalue weighted by Gasteiger charge is 2.29. The molecule has 0 aliphatic carbocycles. The van der Waals surface area contributed by atoms with Gasteiger partial charge in [0.15, 0.2) is 0 Å². The van der Waals surface area contributed by atoms with E-state index in [9.17, 15) is 0 Å². The van der Waals surface area contributed by atoms with Gasteiger partial charge in [-0.1, -0.05) is 18.2 Å². The van der Waals surface area contributed by atoms with Crippen molar-refractivity contribution in [3.8, 4) is 0 Å². The number of rotatable bonds is 0. The molecule has 0 fully saturated rings. The third-order valence-electron chi connectivity index (χ3n) is 3.91. The van der Waals surface area contributed by atoms with Gasteiger partial charge in [-0.15, -0.1) is 11.3 Å². The van der Waals surface area contributed by atoms with Crippen molar-refractivity contribution < 1.29 is 0 Å². The summed E-state index contributed by atoms with van der Waals surface area (Å²) in [6.07, 6.45) is 1.19. The van der Waals surface area contributed by atoms with E-state index >= 15 is 0 Å². The Morgan fingerprint density at radius 3 is 2.81 bits per heavy atom. The highest BCUT2D eigenvalue weighted by molar-refractivity contribution is 7.19. The van der Waals surface area contributed by atoms with Crippen LogP contribution < -0.4 is 0 Å². The largest absolute Gasteiger partial charge is 0.296 e. The van der Waals surface area contributed by atoms with E-state index < -0.39 is 0 Å². The van der Waals surface area contributed by atoms with E-state index in [1.165, 1.54) is 16.5 Å². The van der Waals surface area contributed by atoms with Crippen LogP contribution >= 0.6 is 11.3 Å². The van der Waals surface area contributed by atoms with E-state index in [0.29, 0.717) is 12.1 Å². The van der Waals surface area contributed by atoms with Gasteiger partial charge in [0.2, 0.25) is 0 Å². The average molecular weight is 231 g/mol. The van der Waals surface area contributed by atoms with E-state index in [1.54, 1.807) is 10.4 Å². The van der Waals surface area contributed by atoms with Crippen molar-refractivity contribution in [2.75, 3.05) is 7.05 Å². The third kappa shape index (κ3) is 1.33. The Labute approximate surface area is 101 Å². The molecule has 2 aromatic rings. The van der Waals surface area contributed by atoms with Gasteiger partial charge in [-0.05, 0) is 44.3 Å². The summed E-state index contributed by atoms with van der Waals surface area (Å²) in [6.45, 7) is 4.65. The molecule has 1 aliphatic rings. The predicted molar refractivity (Wildman–Crippen MR) is 71.2 cm³/mol. The zero-order valence-corrected chi connectivity index (χ0v) is 10.8. The topological polar surface area (TPSA) is 3.24 Å². The average Bonchev–Trinajstić information content (AvgIpc) is 2.65. The molecule has 2 heterocycles. The van der Waals surface area contributed by atoms with Crippen LogP contribution in [-0.2, 0) is 6.42 Å². The molecule has 1 aliphatic heterocycles. The van der Waals surface area contributed by atoms with E-state index in [1.807, 2.05) is 11.3 Å². The minimum atomic E-state index is 0.566. The van der Waals surface area contributed by atoms with E-state index in [-0.39, 0.29) is 0 Å². The first-order valence-electron chi connectivity index (χ1n) is 5.90. The zero-order valence-electron chi connectivity index (χ0n) is 10.0. The molecule has 84 valence electrons. The number of hydrogen-bond acceptors (Lipinski definition) is 2. The fourth-order valence-electron chi connectivity index (χ4n) is 2.67. The van der Waals surface area contributed by atoms with Gasteiger partial charge in [-0.25, -0.2) is 0 Å². The van der Waals surface area contributed by atoms with Crippen LogP contribution in [0.3, 0.4) is 0 Å². The van der Waals surface area contributed by atoms with Crippen molar-refractivity contribution in [3.05, 3.63) is 34.7 Å². The second-order valence-corrected chi connectivity index (χ2v) is 5.92. The Hall–Kier alpha value is -0.860. The lowest BCUT2D eigenvalue weighted by Crippen LogP contribution is -2.37. The quantitative estimate of drug-likeness (QED) is 0.666. The van der Waals surface area contributed by atoms with Gasteiger partial charge in [0.1, 0.15) is 0 Å². The monoisotopic (exact) mass is 231 g/mol. The fourth-order valence-corrected chi connectivity index (χ4v) is 4.01. The minimum Gasteiger partial charge on any atom is -0.296 e. The van der Waals surface area contributed by atoms with Crippen molar-refractivity contribution in [2.24, 2.45) is 0 Å². The number of likely N-dealkylation sites (N-methyl/N-ethyl adjacent to an activating group) is 1. The zero-order chi connectivity index (χ0) is 11.3. The summed E-state index contributed by atoms with van der Waals surface area (Å²) in [5, 5.41) is 1.48. The Morgan fingerprint density at radius 1 is 1.25 bits per heavy atom. The first-order chi connectivity index (χ1) is 7.68. The fraction of sp³-hybridized carbons (Fsp3) is 0.429. The molecule has 0 spiro atoms. The lowest BCUT2D eigenvalue weighted by molar-refractivity contribution is 0.183. The molecule has 1 aromatic carbocycles. The second kappa shape index (κ2) is 3.57. The van der Waals surface area contributed by atoms with Crippen molar-refractivity contribution in [1.29, 1.82) is 0 Å². The van der Waals surface area contributed by atoms with Crippen LogP contribution in [-0.4, -0.2) is 18.0 Å². The van der Waals surface area contributed by atoms with Crippen LogP contribution in [0.2, 0.25) is 0 Å². The summed E-state index contributed by atoms with van der Waals surface area (Å²) in [5.74, 6) is 0. The molecule has 3 rings (SSSR count). The van der Waals surface area contributed by atoms with Gasteiger partial charge in [0, 0.05) is 21.7 Å². The Morgan fingerprint density at radius 2 is 2.00 bits per heavy atom. The second-order valence-electron chi connectivity index (χ2n) is 4.84. The molecule has 0 N–H and O–H groups in total. The summed E-state index contributed by atoms with van der Waals surface area (Å²) in [5.41, 5.74) is 1.60. The molecule has 2 heteroatoms. The molecule has 0 bridgehead atoms. The Kier molecular flexibility index (Phi) is 2.30. The van der Waals surface area contributed by atoms with Gasteiger partial charge in [-0.2, -0.15) is 0 Å². The van der Waals surface area contributed by atoms with Gasteiger partial charge >= 0.3 is 0 Å². The molecule has 16 heavy (non-hydrogen) atoms. The van der Waals surface area contributed by atoms with Gasteiger partial charge < -0.3 is 0 Å². The van der Waals surface area contributed by atoms with Gasteiger partial charge in [0.25, 0.3) is 0 Å². The lowest BCUT2D eigenvalue weighted by atomic mass is 9.94. The number of hydrogen-bond donors (Lipinski definition) is 0. The Balaban J connectivity index is 2.25. The van der Waals surface area contributed by atoms with Crippen LogP contribution in [0.5, 0.6) is 0 Å². The molecular formula is C14H17NS. The van der Waals surface area contributed by atoms with Gasteiger partial charge in [-0.3, -0.25) is 4.90 Å². The highest BCUT2D eigenvalue weighted by Crippen LogP contribution is 2.41. The summed E-state index contributed by atoms with van der Waals surface area (Å²) in [4.78, 5) is 4.05. The number of fused-ring (bicyclic) bond motifs is 3. The molecule has 1 nitrogen and oxygen atoms in total. The molecule has 0 radical (unpaired) electrons. The molecule has 0 saturated carbocycles. The SMILES string of the molecule is CC1Cc2c(sc3ccccc23)C(C)N1C. The first kappa shape index (κ1) is 10.3. The highest BCUT2D eigenvalue weighted by atomic mass is 32.1. The molecule has 0 amide bonds. The van der Waals surface area contributed by atoms with Crippen LogP contribution in [0.1, 0.15) is 30.3 Å². The van der Waals surface area contributed by atoms with Crippen LogP contribution in [0.15, 0.2) is 24.3 Å². The van der Waals surface area contributed by atoms with E-state index in [4.69, 9.17) is 0 Å². The van der Waals surface area contributed by atoms with Crippen molar-refractivity contribution in [2.45, 2.75) is 32.4 Å². The molecule has 0 saturated heterocycles. The third-order valence-corrected chi connectivity index (χ3v) is 5.30. The maximum atomic E-state index is 2.48. The van der Waals surface area contributed by atoms with Crippen LogP contribution in [0.25, 0.3) is 10.1 Å². The summed E-state index contributed by atoms with van der Waals surface area (Å²) >= 11 is 1.97. The predicted octanol–water partition coefficient (Wildman–Crippen LogP) is 3.84. The van der Waals surface area contributed by atoms with E-state index in [2.05, 4.69) is 50.1 Å². The molecular weight excluding hydrogens is 214 g/mol. The normalized spacial score (nSPS) is 25.9. The maximum absolute atomic E-state index is 2.48. The number of benzene rings is 1. The van der Waals surface area contributed by atoms with Crippen molar-refractivity contribution in [1.82, 2.24) is 4.90 Å². The maximum Gasteiger partial charge on any atom is 0.0416 e. The number of thiophene rings is 1. The summed E-state index contributed by atoms with van der Waals surface area (Å²) in [7, 11) is 2.24. The minimum absolute atomic E-state index is 0.566. The van der Waals surface area contributed by atoms with Crippen molar-refractivity contribution >= 4 is 21.4 Å². The van der Waals surface area contributed by atoms with E-state index in [0.717, 1.165) is 0 Å². The molecule has 2 unspecified atom stereocenters. The summed E-state index contributed by atoms with van der Waals surface area (Å²) < 4.78 is 1.45. The van der Waals surface area contributed by atoms with Crippen molar-refractivity contribution in [3.63, 3.8) is 0 Å². The standard InChI is InChI=1S/C14H17NS/c1-9-8-12-11-6-4-5-7-13(11)16-14(12)10(2)15(9)3/h4-7,9-10H,8H2,1-3H3. The molecule has 1 aromatic heterocycles. The first-order valence-corrected chi connectivity index (χ1v) is 6.72. The lowest BCUT2D eigenvalue weighted by Gasteiger charge is -2.35. The van der Waals surface area contributed by atoms with Crippen LogP contribution in [0, 0.1) is 0 Å².